The molecule has 0 aromatic heterocycles. The number of ether oxygens (including phenoxy) is 1. The molecule has 1 aromatic carbocycles. The normalized spacial score (nSPS) is 21.1. The van der Waals surface area contributed by atoms with E-state index in [0.717, 1.165) is 6.07 Å². The van der Waals surface area contributed by atoms with E-state index in [1.54, 1.807) is 20.8 Å². The van der Waals surface area contributed by atoms with Crippen LogP contribution in [-0.2, 0) is 15.7 Å². The van der Waals surface area contributed by atoms with Crippen molar-refractivity contribution in [3.63, 3.8) is 0 Å². The van der Waals surface area contributed by atoms with Crippen LogP contribution in [0, 0.1) is 5.92 Å². The predicted molar refractivity (Wildman–Crippen MR) is 85.1 cm³/mol. The summed E-state index contributed by atoms with van der Waals surface area (Å²) in [6.07, 6.45) is -4.12. The number of carbonyl (C=O) groups excluding carboxylic acids is 1. The summed E-state index contributed by atoms with van der Waals surface area (Å²) in [7, 11) is 0. The number of rotatable bonds is 4. The molecule has 0 amide bonds. The lowest BCUT2D eigenvalue weighted by atomic mass is 9.76. The van der Waals surface area contributed by atoms with Crippen LogP contribution in [0.25, 0.3) is 0 Å². The van der Waals surface area contributed by atoms with Crippen LogP contribution >= 0.6 is 0 Å². The summed E-state index contributed by atoms with van der Waals surface area (Å²) in [4.78, 5) is 12.4. The second-order valence-corrected chi connectivity index (χ2v) is 5.48. The number of hydrogen-bond acceptors (Lipinski definition) is 4. The maximum atomic E-state index is 13.4. The summed E-state index contributed by atoms with van der Waals surface area (Å²) in [6.45, 7) is 5.16. The quantitative estimate of drug-likeness (QED) is 0.771. The van der Waals surface area contributed by atoms with Crippen LogP contribution in [-0.4, -0.2) is 24.0 Å². The van der Waals surface area contributed by atoms with Gasteiger partial charge in [0, 0.05) is 11.6 Å². The summed E-state index contributed by atoms with van der Waals surface area (Å²) >= 11 is 0. The maximum Gasteiger partial charge on any atom is 0.416 e. The highest BCUT2D eigenvalue weighted by molar-refractivity contribution is 6.10. The first-order valence-electron chi connectivity index (χ1n) is 7.74. The molecule has 24 heavy (non-hydrogen) atoms. The van der Waals surface area contributed by atoms with Crippen LogP contribution in [0.1, 0.15) is 44.2 Å². The van der Waals surface area contributed by atoms with Crippen molar-refractivity contribution in [3.8, 4) is 0 Å². The van der Waals surface area contributed by atoms with Gasteiger partial charge in [0.05, 0.1) is 17.9 Å². The van der Waals surface area contributed by atoms with Crippen molar-refractivity contribution in [2.75, 3.05) is 6.61 Å². The van der Waals surface area contributed by atoms with Crippen molar-refractivity contribution < 1.29 is 22.7 Å². The first kappa shape index (κ1) is 18.2. The Morgan fingerprint density at radius 1 is 1.21 bits per heavy atom. The molecule has 0 N–H and O–H groups in total. The van der Waals surface area contributed by atoms with Gasteiger partial charge < -0.3 is 4.74 Å². The molecule has 0 spiro atoms. The van der Waals surface area contributed by atoms with Crippen molar-refractivity contribution in [1.82, 2.24) is 0 Å². The van der Waals surface area contributed by atoms with Gasteiger partial charge in [-0.05, 0) is 31.9 Å². The molecule has 0 saturated carbocycles. The molecule has 1 heterocycles. The van der Waals surface area contributed by atoms with E-state index in [9.17, 15) is 18.0 Å². The number of carbonyl (C=O) groups is 1. The zero-order valence-corrected chi connectivity index (χ0v) is 13.7. The second kappa shape index (κ2) is 7.15. The molecule has 2 atom stereocenters. The number of halogens is 3. The van der Waals surface area contributed by atoms with Crippen LogP contribution in [0.2, 0.25) is 0 Å². The molecule has 0 aliphatic carbocycles. The van der Waals surface area contributed by atoms with Crippen molar-refractivity contribution in [2.45, 2.75) is 39.3 Å². The Morgan fingerprint density at radius 2 is 1.88 bits per heavy atom. The van der Waals surface area contributed by atoms with Gasteiger partial charge in [-0.2, -0.15) is 23.4 Å². The van der Waals surface area contributed by atoms with Gasteiger partial charge in [0.2, 0.25) is 0 Å². The molecular formula is C17H19F3N2O2. The molecular weight excluding hydrogens is 321 g/mol. The van der Waals surface area contributed by atoms with E-state index in [2.05, 4.69) is 10.2 Å². The van der Waals surface area contributed by atoms with E-state index in [-0.39, 0.29) is 12.2 Å². The third-order valence-corrected chi connectivity index (χ3v) is 3.98. The summed E-state index contributed by atoms with van der Waals surface area (Å²) in [5.41, 5.74) is 0.0565. The Morgan fingerprint density at radius 3 is 2.46 bits per heavy atom. The third kappa shape index (κ3) is 3.49. The molecule has 1 aliphatic heterocycles. The molecule has 2 rings (SSSR count). The highest BCUT2D eigenvalue weighted by Gasteiger charge is 2.43. The fraction of sp³-hybridized carbons (Fsp3) is 0.471. The minimum absolute atomic E-state index is 0.0258. The number of esters is 1. The molecule has 4 nitrogen and oxygen atoms in total. The van der Waals surface area contributed by atoms with Crippen LogP contribution in [0.4, 0.5) is 13.2 Å². The zero-order valence-electron chi connectivity index (χ0n) is 13.7. The smallest absolute Gasteiger partial charge is 0.416 e. The lowest BCUT2D eigenvalue weighted by Gasteiger charge is -2.30. The van der Waals surface area contributed by atoms with Gasteiger partial charge in [0.15, 0.2) is 0 Å². The molecule has 7 heteroatoms. The fourth-order valence-electron chi connectivity index (χ4n) is 2.92. The van der Waals surface area contributed by atoms with Crippen LogP contribution in [0.15, 0.2) is 34.5 Å². The largest absolute Gasteiger partial charge is 0.465 e. The third-order valence-electron chi connectivity index (χ3n) is 3.98. The molecule has 130 valence electrons. The Balaban J connectivity index is 2.61. The Labute approximate surface area is 138 Å². The van der Waals surface area contributed by atoms with Gasteiger partial charge in [-0.1, -0.05) is 25.1 Å². The predicted octanol–water partition coefficient (Wildman–Crippen LogP) is 4.21. The SMILES string of the molecule is CCOC(=O)C1C(C)=NN=C(CC)C1c1ccccc1C(F)(F)F. The zero-order chi connectivity index (χ0) is 17.9. The summed E-state index contributed by atoms with van der Waals surface area (Å²) in [6, 6.07) is 5.27. The minimum Gasteiger partial charge on any atom is -0.465 e. The first-order chi connectivity index (χ1) is 11.3. The lowest BCUT2D eigenvalue weighted by Crippen LogP contribution is -2.37. The van der Waals surface area contributed by atoms with E-state index in [1.165, 1.54) is 18.2 Å². The van der Waals surface area contributed by atoms with Gasteiger partial charge in [-0.15, -0.1) is 0 Å². The van der Waals surface area contributed by atoms with Crippen molar-refractivity contribution in [1.29, 1.82) is 0 Å². The number of nitrogens with zero attached hydrogens (tertiary/aromatic N) is 2. The summed E-state index contributed by atoms with van der Waals surface area (Å²) < 4.78 is 45.3. The van der Waals surface area contributed by atoms with E-state index in [0.29, 0.717) is 17.8 Å². The van der Waals surface area contributed by atoms with Crippen LogP contribution in [0.3, 0.4) is 0 Å². The molecule has 0 fully saturated rings. The monoisotopic (exact) mass is 340 g/mol. The average molecular weight is 340 g/mol. The van der Waals surface area contributed by atoms with Gasteiger partial charge in [-0.3, -0.25) is 4.79 Å². The average Bonchev–Trinajstić information content (AvgIpc) is 2.53. The lowest BCUT2D eigenvalue weighted by molar-refractivity contribution is -0.146. The molecule has 0 radical (unpaired) electrons. The number of alkyl halides is 3. The van der Waals surface area contributed by atoms with Gasteiger partial charge in [0.25, 0.3) is 0 Å². The van der Waals surface area contributed by atoms with E-state index in [4.69, 9.17) is 4.74 Å². The fourth-order valence-corrected chi connectivity index (χ4v) is 2.92. The summed E-state index contributed by atoms with van der Waals surface area (Å²) in [5.74, 6) is -2.31. The van der Waals surface area contributed by atoms with Crippen LogP contribution in [0.5, 0.6) is 0 Å². The topological polar surface area (TPSA) is 51.0 Å². The van der Waals surface area contributed by atoms with Crippen molar-refractivity contribution in [2.24, 2.45) is 16.1 Å². The number of benzene rings is 1. The second-order valence-electron chi connectivity index (χ2n) is 5.48. The van der Waals surface area contributed by atoms with Crippen LogP contribution < -0.4 is 0 Å². The maximum absolute atomic E-state index is 13.4. The van der Waals surface area contributed by atoms with Gasteiger partial charge in [-0.25, -0.2) is 0 Å². The molecule has 1 aromatic rings. The Bertz CT molecular complexity index is 681. The van der Waals surface area contributed by atoms with Gasteiger partial charge in [0.1, 0.15) is 5.92 Å². The van der Waals surface area contributed by atoms with E-state index < -0.39 is 29.5 Å². The molecule has 1 aliphatic rings. The van der Waals surface area contributed by atoms with E-state index >= 15 is 0 Å². The standard InChI is InChI=1S/C17H19F3N2O2/c1-4-13-15(11-8-6-7-9-12(11)17(18,19)20)14(10(3)21-22-13)16(23)24-5-2/h6-9,14-15H,4-5H2,1-3H3. The molecule has 0 bridgehead atoms. The molecule has 0 saturated heterocycles. The van der Waals surface area contributed by atoms with Crippen molar-refractivity contribution >= 4 is 17.4 Å². The Hall–Kier alpha value is -2.18. The first-order valence-corrected chi connectivity index (χ1v) is 7.74. The summed E-state index contributed by atoms with van der Waals surface area (Å²) in [5, 5.41) is 7.99. The molecule has 2 unspecified atom stereocenters. The number of hydrogen-bond donors (Lipinski definition) is 0. The minimum atomic E-state index is -4.52. The highest BCUT2D eigenvalue weighted by atomic mass is 19.4. The highest BCUT2D eigenvalue weighted by Crippen LogP contribution is 2.40. The van der Waals surface area contributed by atoms with Crippen molar-refractivity contribution in [3.05, 3.63) is 35.4 Å². The van der Waals surface area contributed by atoms with Gasteiger partial charge >= 0.3 is 12.1 Å². The van der Waals surface area contributed by atoms with E-state index in [1.807, 2.05) is 0 Å². The Kier molecular flexibility index (Phi) is 5.41.